The number of methoxy groups -OCH3 is 1. The van der Waals surface area contributed by atoms with E-state index in [1.807, 2.05) is 24.4 Å². The van der Waals surface area contributed by atoms with Gasteiger partial charge in [-0.2, -0.15) is 0 Å². The number of rotatable bonds is 5. The van der Waals surface area contributed by atoms with Gasteiger partial charge < -0.3 is 10.1 Å². The van der Waals surface area contributed by atoms with Crippen molar-refractivity contribution in [3.05, 3.63) is 61.8 Å². The number of nitro benzene ring substituents is 1. The number of carbonyl (C=O) groups excluding carboxylic acids is 2. The number of ether oxygens (including phenoxy) is 1. The molecule has 2 aromatic rings. The maximum atomic E-state index is 12.3. The molecule has 1 aromatic heterocycles. The number of benzene rings is 1. The number of hydrogen-bond donors (Lipinski definition) is 1. The predicted molar refractivity (Wildman–Crippen MR) is 84.6 cm³/mol. The van der Waals surface area contributed by atoms with E-state index in [2.05, 4.69) is 10.1 Å². The maximum Gasteiger partial charge on any atom is 0.338 e. The number of nitrogens with zero attached hydrogens (tertiary/aromatic N) is 1. The van der Waals surface area contributed by atoms with Gasteiger partial charge in [-0.25, -0.2) is 4.79 Å². The minimum atomic E-state index is -0.742. The molecule has 0 spiro atoms. The average Bonchev–Trinajstić information content (AvgIpc) is 3.08. The van der Waals surface area contributed by atoms with Gasteiger partial charge >= 0.3 is 5.97 Å². The van der Waals surface area contributed by atoms with Crippen LogP contribution in [0.1, 0.15) is 38.6 Å². The first kappa shape index (κ1) is 16.6. The summed E-state index contributed by atoms with van der Waals surface area (Å²) in [5.41, 5.74) is -0.361. The highest BCUT2D eigenvalue weighted by molar-refractivity contribution is 7.10. The molecule has 1 heterocycles. The lowest BCUT2D eigenvalue weighted by Crippen LogP contribution is -2.26. The zero-order valence-electron chi connectivity index (χ0n) is 12.4. The van der Waals surface area contributed by atoms with Crippen LogP contribution in [0, 0.1) is 10.1 Å². The minimum absolute atomic E-state index is 0.0306. The number of non-ortho nitro benzene ring substituents is 1. The summed E-state index contributed by atoms with van der Waals surface area (Å²) in [6, 6.07) is 6.97. The first-order valence-corrected chi connectivity index (χ1v) is 7.52. The standard InChI is InChI=1S/C15H14N2O5S/c1-9(13-4-3-5-23-13)16-14(18)10-6-11(15(19)22-2)8-12(7-10)17(20)21/h3-9H,1-2H3,(H,16,18). The molecule has 2 rings (SSSR count). The van der Waals surface area contributed by atoms with Crippen molar-refractivity contribution in [3.63, 3.8) is 0 Å². The van der Waals surface area contributed by atoms with Crippen LogP contribution in [0.3, 0.4) is 0 Å². The van der Waals surface area contributed by atoms with Gasteiger partial charge in [0.1, 0.15) is 0 Å². The third kappa shape index (κ3) is 3.92. The van der Waals surface area contributed by atoms with Gasteiger partial charge in [-0.15, -0.1) is 11.3 Å². The Kier molecular flexibility index (Phi) is 5.07. The molecule has 0 saturated carbocycles. The molecule has 0 fully saturated rings. The summed E-state index contributed by atoms with van der Waals surface area (Å²) in [5.74, 6) is -1.24. The molecular weight excluding hydrogens is 320 g/mol. The second-order valence-electron chi connectivity index (χ2n) is 4.73. The van der Waals surface area contributed by atoms with Crippen molar-refractivity contribution in [3.8, 4) is 0 Å². The summed E-state index contributed by atoms with van der Waals surface area (Å²) in [7, 11) is 1.17. The SMILES string of the molecule is COC(=O)c1cc(C(=O)NC(C)c2cccs2)cc([N+](=O)[O-])c1. The van der Waals surface area contributed by atoms with Crippen LogP contribution in [0.5, 0.6) is 0 Å². The van der Waals surface area contributed by atoms with E-state index in [1.54, 1.807) is 0 Å². The second kappa shape index (κ2) is 7.01. The van der Waals surface area contributed by atoms with Gasteiger partial charge in [0.25, 0.3) is 11.6 Å². The van der Waals surface area contributed by atoms with Crippen LogP contribution in [-0.4, -0.2) is 23.9 Å². The van der Waals surface area contributed by atoms with Crippen LogP contribution >= 0.6 is 11.3 Å². The number of amides is 1. The Labute approximate surface area is 136 Å². The summed E-state index contributed by atoms with van der Waals surface area (Å²) in [5, 5.41) is 15.6. The largest absolute Gasteiger partial charge is 0.465 e. The smallest absolute Gasteiger partial charge is 0.338 e. The van der Waals surface area contributed by atoms with Crippen molar-refractivity contribution in [1.29, 1.82) is 0 Å². The molecule has 7 nitrogen and oxygen atoms in total. The number of nitro groups is 1. The Bertz CT molecular complexity index is 742. The molecule has 1 atom stereocenters. The van der Waals surface area contributed by atoms with Crippen molar-refractivity contribution in [2.24, 2.45) is 0 Å². The summed E-state index contributed by atoms with van der Waals surface area (Å²) < 4.78 is 4.55. The molecule has 1 N–H and O–H groups in total. The van der Waals surface area contributed by atoms with Crippen LogP contribution in [0.25, 0.3) is 0 Å². The molecule has 1 aromatic carbocycles. The van der Waals surface area contributed by atoms with E-state index in [4.69, 9.17) is 0 Å². The van der Waals surface area contributed by atoms with Gasteiger partial charge in [-0.05, 0) is 24.4 Å². The third-order valence-electron chi connectivity index (χ3n) is 3.13. The van der Waals surface area contributed by atoms with Crippen molar-refractivity contribution < 1.29 is 19.2 Å². The van der Waals surface area contributed by atoms with Crippen LogP contribution < -0.4 is 5.32 Å². The monoisotopic (exact) mass is 334 g/mol. The number of thiophene rings is 1. The minimum Gasteiger partial charge on any atom is -0.465 e. The fourth-order valence-electron chi connectivity index (χ4n) is 1.97. The summed E-state index contributed by atoms with van der Waals surface area (Å²) in [4.78, 5) is 35.2. The maximum absolute atomic E-state index is 12.3. The van der Waals surface area contributed by atoms with Crippen LogP contribution in [0.4, 0.5) is 5.69 Å². The van der Waals surface area contributed by atoms with Crippen molar-refractivity contribution >= 4 is 28.9 Å². The number of esters is 1. The molecular formula is C15H14N2O5S. The third-order valence-corrected chi connectivity index (χ3v) is 4.18. The first-order valence-electron chi connectivity index (χ1n) is 6.64. The molecule has 120 valence electrons. The molecule has 1 amide bonds. The second-order valence-corrected chi connectivity index (χ2v) is 5.71. The highest BCUT2D eigenvalue weighted by Crippen LogP contribution is 2.21. The summed E-state index contributed by atoms with van der Waals surface area (Å²) in [6.45, 7) is 1.81. The Morgan fingerprint density at radius 3 is 2.57 bits per heavy atom. The van der Waals surface area contributed by atoms with E-state index in [-0.39, 0.29) is 22.9 Å². The van der Waals surface area contributed by atoms with Crippen molar-refractivity contribution in [1.82, 2.24) is 5.32 Å². The zero-order chi connectivity index (χ0) is 17.0. The lowest BCUT2D eigenvalue weighted by molar-refractivity contribution is -0.384. The lowest BCUT2D eigenvalue weighted by atomic mass is 10.1. The van der Waals surface area contributed by atoms with E-state index < -0.39 is 16.8 Å². The molecule has 0 aliphatic rings. The van der Waals surface area contributed by atoms with E-state index in [0.29, 0.717) is 0 Å². The quantitative estimate of drug-likeness (QED) is 0.515. The highest BCUT2D eigenvalue weighted by atomic mass is 32.1. The number of carbonyl (C=O) groups is 2. The van der Waals surface area contributed by atoms with Gasteiger partial charge in [0.2, 0.25) is 0 Å². The Morgan fingerprint density at radius 2 is 2.00 bits per heavy atom. The fraction of sp³-hybridized carbons (Fsp3) is 0.200. The van der Waals surface area contributed by atoms with Crippen molar-refractivity contribution in [2.45, 2.75) is 13.0 Å². The fourth-order valence-corrected chi connectivity index (χ4v) is 2.71. The predicted octanol–water partition coefficient (Wildman–Crippen LogP) is 2.93. The number of hydrogen-bond acceptors (Lipinski definition) is 6. The molecule has 0 bridgehead atoms. The van der Waals surface area contributed by atoms with Gasteiger partial charge in [0, 0.05) is 22.6 Å². The topological polar surface area (TPSA) is 98.5 Å². The van der Waals surface area contributed by atoms with Crippen LogP contribution in [-0.2, 0) is 4.74 Å². The van der Waals surface area contributed by atoms with Gasteiger partial charge in [-0.1, -0.05) is 6.07 Å². The van der Waals surface area contributed by atoms with E-state index in [1.165, 1.54) is 24.5 Å². The molecule has 0 aliphatic heterocycles. The molecule has 0 saturated heterocycles. The van der Waals surface area contributed by atoms with Crippen molar-refractivity contribution in [2.75, 3.05) is 7.11 Å². The van der Waals surface area contributed by atoms with E-state index in [0.717, 1.165) is 17.0 Å². The van der Waals surface area contributed by atoms with Gasteiger partial charge in [0.05, 0.1) is 23.6 Å². The van der Waals surface area contributed by atoms with E-state index >= 15 is 0 Å². The van der Waals surface area contributed by atoms with Gasteiger partial charge in [-0.3, -0.25) is 14.9 Å². The van der Waals surface area contributed by atoms with E-state index in [9.17, 15) is 19.7 Å². The van der Waals surface area contributed by atoms with Crippen LogP contribution in [0.15, 0.2) is 35.7 Å². The molecule has 0 aliphatic carbocycles. The molecule has 1 unspecified atom stereocenters. The normalized spacial score (nSPS) is 11.6. The Morgan fingerprint density at radius 1 is 1.30 bits per heavy atom. The number of nitrogens with one attached hydrogen (secondary N) is 1. The molecule has 8 heteroatoms. The zero-order valence-corrected chi connectivity index (χ0v) is 13.3. The van der Waals surface area contributed by atoms with Gasteiger partial charge in [0.15, 0.2) is 0 Å². The Hall–Kier alpha value is -2.74. The molecule has 23 heavy (non-hydrogen) atoms. The molecule has 0 radical (unpaired) electrons. The first-order chi connectivity index (χ1) is 10.9. The average molecular weight is 334 g/mol. The highest BCUT2D eigenvalue weighted by Gasteiger charge is 2.19. The lowest BCUT2D eigenvalue weighted by Gasteiger charge is -2.12. The Balaban J connectivity index is 2.30. The van der Waals surface area contributed by atoms with Crippen LogP contribution in [0.2, 0.25) is 0 Å². The summed E-state index contributed by atoms with van der Waals surface area (Å²) >= 11 is 1.49. The summed E-state index contributed by atoms with van der Waals surface area (Å²) in [6.07, 6.45) is 0.